The van der Waals surface area contributed by atoms with Crippen molar-refractivity contribution in [1.29, 1.82) is 0 Å². The van der Waals surface area contributed by atoms with Crippen LogP contribution in [0.3, 0.4) is 0 Å². The Morgan fingerprint density at radius 3 is 2.91 bits per heavy atom. The number of H-pyrrole nitrogens is 1. The lowest BCUT2D eigenvalue weighted by molar-refractivity contribution is 0.282. The van der Waals surface area contributed by atoms with Gasteiger partial charge in [0.2, 0.25) is 5.82 Å². The van der Waals surface area contributed by atoms with Gasteiger partial charge in [-0.3, -0.25) is 5.10 Å². The fourth-order valence-electron chi connectivity index (χ4n) is 2.37. The van der Waals surface area contributed by atoms with Crippen molar-refractivity contribution in [3.05, 3.63) is 54.1 Å². The molecule has 22 heavy (non-hydrogen) atoms. The molecule has 0 atom stereocenters. The van der Waals surface area contributed by atoms with Gasteiger partial charge < -0.3 is 9.63 Å². The number of fused-ring (bicyclic) bond motifs is 1. The van der Waals surface area contributed by atoms with Crippen LogP contribution in [0.5, 0.6) is 0 Å². The molecule has 0 unspecified atom stereocenters. The van der Waals surface area contributed by atoms with E-state index in [9.17, 15) is 5.11 Å². The second-order valence-electron chi connectivity index (χ2n) is 4.90. The lowest BCUT2D eigenvalue weighted by atomic mass is 10.1. The Hall–Kier alpha value is -2.99. The molecule has 0 saturated heterocycles. The topological polar surface area (TPSA) is 87.8 Å². The van der Waals surface area contributed by atoms with E-state index >= 15 is 0 Å². The van der Waals surface area contributed by atoms with Crippen LogP contribution in [0.25, 0.3) is 33.9 Å². The maximum atomic E-state index is 9.20. The summed E-state index contributed by atoms with van der Waals surface area (Å²) in [7, 11) is 0. The summed E-state index contributed by atoms with van der Waals surface area (Å²) < 4.78 is 5.34. The highest BCUT2D eigenvalue weighted by atomic mass is 16.5. The molecule has 0 radical (unpaired) electrons. The highest BCUT2D eigenvalue weighted by Crippen LogP contribution is 2.27. The molecule has 0 aliphatic heterocycles. The Morgan fingerprint density at radius 2 is 2.00 bits per heavy atom. The van der Waals surface area contributed by atoms with Crippen LogP contribution in [0.4, 0.5) is 0 Å². The zero-order chi connectivity index (χ0) is 14.9. The molecular weight excluding hydrogens is 280 g/mol. The summed E-state index contributed by atoms with van der Waals surface area (Å²) >= 11 is 0. The molecule has 0 bridgehead atoms. The van der Waals surface area contributed by atoms with Gasteiger partial charge in [0.1, 0.15) is 0 Å². The van der Waals surface area contributed by atoms with Crippen LogP contribution in [0, 0.1) is 0 Å². The largest absolute Gasteiger partial charge is 0.392 e. The van der Waals surface area contributed by atoms with E-state index in [1.165, 1.54) is 0 Å². The number of hydrogen-bond donors (Lipinski definition) is 2. The molecule has 0 aliphatic carbocycles. The number of para-hydroxylation sites is 1. The standard InChI is InChI=1S/C16H12N4O2/c21-9-10-4-3-5-11(8-10)15-17-16(22-20-15)14-12-6-1-2-7-13(12)18-19-14/h1-8,21H,9H2,(H,18,19). The Kier molecular flexibility index (Phi) is 2.94. The van der Waals surface area contributed by atoms with Crippen molar-refractivity contribution in [2.45, 2.75) is 6.61 Å². The first-order chi connectivity index (χ1) is 10.8. The second kappa shape index (κ2) is 5.09. The van der Waals surface area contributed by atoms with Gasteiger partial charge in [0.25, 0.3) is 5.89 Å². The van der Waals surface area contributed by atoms with Gasteiger partial charge in [-0.1, -0.05) is 41.6 Å². The molecule has 2 heterocycles. The molecule has 0 aliphatic rings. The zero-order valence-corrected chi connectivity index (χ0v) is 11.5. The highest BCUT2D eigenvalue weighted by molar-refractivity contribution is 5.90. The minimum absolute atomic E-state index is 0.0252. The van der Waals surface area contributed by atoms with E-state index in [0.717, 1.165) is 22.0 Å². The van der Waals surface area contributed by atoms with Gasteiger partial charge in [-0.25, -0.2) is 0 Å². The summed E-state index contributed by atoms with van der Waals surface area (Å²) in [5.41, 5.74) is 3.14. The number of aromatic nitrogens is 4. The first-order valence-electron chi connectivity index (χ1n) is 6.82. The Balaban J connectivity index is 1.78. The van der Waals surface area contributed by atoms with Gasteiger partial charge in [-0.2, -0.15) is 10.1 Å². The number of benzene rings is 2. The van der Waals surface area contributed by atoms with Crippen LogP contribution < -0.4 is 0 Å². The van der Waals surface area contributed by atoms with Crippen molar-refractivity contribution in [2.75, 3.05) is 0 Å². The van der Waals surface area contributed by atoms with Gasteiger partial charge in [0.15, 0.2) is 5.69 Å². The van der Waals surface area contributed by atoms with E-state index in [1.807, 2.05) is 48.5 Å². The minimum atomic E-state index is -0.0252. The van der Waals surface area contributed by atoms with E-state index < -0.39 is 0 Å². The number of aliphatic hydroxyl groups is 1. The first kappa shape index (κ1) is 12.7. The average Bonchev–Trinajstić information content (AvgIpc) is 3.21. The van der Waals surface area contributed by atoms with Gasteiger partial charge >= 0.3 is 0 Å². The number of nitrogens with zero attached hydrogens (tertiary/aromatic N) is 3. The molecular formula is C16H12N4O2. The predicted molar refractivity (Wildman–Crippen MR) is 80.7 cm³/mol. The quantitative estimate of drug-likeness (QED) is 0.606. The fraction of sp³-hybridized carbons (Fsp3) is 0.0625. The Morgan fingerprint density at radius 1 is 1.09 bits per heavy atom. The smallest absolute Gasteiger partial charge is 0.279 e. The molecule has 2 N–H and O–H groups in total. The van der Waals surface area contributed by atoms with Crippen LogP contribution in [0.2, 0.25) is 0 Å². The van der Waals surface area contributed by atoms with Gasteiger partial charge in [0.05, 0.1) is 12.1 Å². The van der Waals surface area contributed by atoms with Crippen LogP contribution in [0.15, 0.2) is 53.1 Å². The number of hydrogen-bond acceptors (Lipinski definition) is 5. The molecule has 0 amide bonds. The average molecular weight is 292 g/mol. The summed E-state index contributed by atoms with van der Waals surface area (Å²) in [5, 5.41) is 21.3. The van der Waals surface area contributed by atoms with E-state index in [4.69, 9.17) is 4.52 Å². The molecule has 6 nitrogen and oxygen atoms in total. The lowest BCUT2D eigenvalue weighted by Gasteiger charge is -1.97. The molecule has 6 heteroatoms. The number of nitrogens with one attached hydrogen (secondary N) is 1. The minimum Gasteiger partial charge on any atom is -0.392 e. The molecule has 0 fully saturated rings. The van der Waals surface area contributed by atoms with Crippen molar-refractivity contribution in [2.24, 2.45) is 0 Å². The maximum Gasteiger partial charge on any atom is 0.279 e. The molecule has 0 saturated carbocycles. The summed E-state index contributed by atoms with van der Waals surface area (Å²) in [6.45, 7) is -0.0252. The third-order valence-electron chi connectivity index (χ3n) is 3.47. The van der Waals surface area contributed by atoms with E-state index in [0.29, 0.717) is 17.4 Å². The number of rotatable bonds is 3. The van der Waals surface area contributed by atoms with Crippen LogP contribution in [0.1, 0.15) is 5.56 Å². The van der Waals surface area contributed by atoms with Crippen LogP contribution in [-0.4, -0.2) is 25.4 Å². The van der Waals surface area contributed by atoms with Crippen molar-refractivity contribution in [3.8, 4) is 23.0 Å². The molecule has 108 valence electrons. The monoisotopic (exact) mass is 292 g/mol. The van der Waals surface area contributed by atoms with Crippen LogP contribution >= 0.6 is 0 Å². The summed E-state index contributed by atoms with van der Waals surface area (Å²) in [6, 6.07) is 15.1. The second-order valence-corrected chi connectivity index (χ2v) is 4.90. The zero-order valence-electron chi connectivity index (χ0n) is 11.5. The number of aromatic amines is 1. The maximum absolute atomic E-state index is 9.20. The molecule has 2 aromatic heterocycles. The first-order valence-corrected chi connectivity index (χ1v) is 6.82. The third-order valence-corrected chi connectivity index (χ3v) is 3.47. The van der Waals surface area contributed by atoms with E-state index in [1.54, 1.807) is 0 Å². The predicted octanol–water partition coefficient (Wildman–Crippen LogP) is 2.77. The molecule has 4 rings (SSSR count). The van der Waals surface area contributed by atoms with Crippen molar-refractivity contribution in [1.82, 2.24) is 20.3 Å². The van der Waals surface area contributed by atoms with E-state index in [2.05, 4.69) is 20.3 Å². The number of aliphatic hydroxyl groups excluding tert-OH is 1. The molecule has 2 aromatic carbocycles. The summed E-state index contributed by atoms with van der Waals surface area (Å²) in [6.07, 6.45) is 0. The lowest BCUT2D eigenvalue weighted by Crippen LogP contribution is -1.86. The van der Waals surface area contributed by atoms with E-state index in [-0.39, 0.29) is 6.61 Å². The normalized spacial score (nSPS) is 11.1. The van der Waals surface area contributed by atoms with Crippen molar-refractivity contribution >= 4 is 10.9 Å². The summed E-state index contributed by atoms with van der Waals surface area (Å²) in [4.78, 5) is 4.41. The third kappa shape index (κ3) is 2.06. The summed E-state index contributed by atoms with van der Waals surface area (Å²) in [5.74, 6) is 0.833. The molecule has 0 spiro atoms. The van der Waals surface area contributed by atoms with Gasteiger partial charge in [-0.05, 0) is 17.7 Å². The molecule has 4 aromatic rings. The van der Waals surface area contributed by atoms with Gasteiger partial charge in [0, 0.05) is 10.9 Å². The SMILES string of the molecule is OCc1cccc(-c2noc(-c3n[nH]c4ccccc34)n2)c1. The van der Waals surface area contributed by atoms with Crippen molar-refractivity contribution in [3.63, 3.8) is 0 Å². The Labute approximate surface area is 125 Å². The highest BCUT2D eigenvalue weighted by Gasteiger charge is 2.16. The van der Waals surface area contributed by atoms with Crippen molar-refractivity contribution < 1.29 is 9.63 Å². The Bertz CT molecular complexity index is 942. The fourth-order valence-corrected chi connectivity index (χ4v) is 2.37. The van der Waals surface area contributed by atoms with Crippen LogP contribution in [-0.2, 0) is 6.61 Å². The van der Waals surface area contributed by atoms with Gasteiger partial charge in [-0.15, -0.1) is 0 Å².